The molecule has 1 aromatic heterocycles. The van der Waals surface area contributed by atoms with E-state index in [1.54, 1.807) is 7.11 Å². The van der Waals surface area contributed by atoms with E-state index in [2.05, 4.69) is 41.6 Å². The van der Waals surface area contributed by atoms with Gasteiger partial charge in [0, 0.05) is 19.2 Å². The predicted octanol–water partition coefficient (Wildman–Crippen LogP) is 1.94. The average molecular weight is 268 g/mol. The Morgan fingerprint density at radius 3 is 2.58 bits per heavy atom. The second kappa shape index (κ2) is 5.46. The molecular formula is C13H24N4O2. The Labute approximate surface area is 114 Å². The number of aromatic nitrogens is 2. The molecule has 0 atom stereocenters. The third-order valence-corrected chi connectivity index (χ3v) is 3.50. The van der Waals surface area contributed by atoms with Crippen LogP contribution in [0.3, 0.4) is 0 Å². The van der Waals surface area contributed by atoms with E-state index in [9.17, 15) is 0 Å². The van der Waals surface area contributed by atoms with Gasteiger partial charge in [-0.15, -0.1) is 5.10 Å². The number of rotatable bonds is 6. The minimum Gasteiger partial charge on any atom is -0.407 e. The third kappa shape index (κ3) is 3.91. The molecule has 1 heterocycles. The van der Waals surface area contributed by atoms with Crippen molar-refractivity contribution in [1.29, 1.82) is 0 Å². The fraction of sp³-hybridized carbons (Fsp3) is 0.846. The van der Waals surface area contributed by atoms with Crippen molar-refractivity contribution in [3.05, 3.63) is 5.89 Å². The van der Waals surface area contributed by atoms with E-state index in [0.717, 1.165) is 19.4 Å². The van der Waals surface area contributed by atoms with E-state index < -0.39 is 0 Å². The molecule has 0 bridgehead atoms. The van der Waals surface area contributed by atoms with Crippen molar-refractivity contribution >= 4 is 6.01 Å². The van der Waals surface area contributed by atoms with Crippen molar-refractivity contribution in [3.63, 3.8) is 0 Å². The number of nitrogens with zero attached hydrogens (tertiary/aromatic N) is 2. The fourth-order valence-corrected chi connectivity index (χ4v) is 2.00. The van der Waals surface area contributed by atoms with Crippen LogP contribution < -0.4 is 10.6 Å². The maximum Gasteiger partial charge on any atom is 0.315 e. The largest absolute Gasteiger partial charge is 0.407 e. The molecule has 1 fully saturated rings. The lowest BCUT2D eigenvalue weighted by molar-refractivity contribution is -0.0604. The van der Waals surface area contributed by atoms with Crippen LogP contribution in [0.1, 0.15) is 45.9 Å². The molecule has 1 saturated carbocycles. The fourth-order valence-electron chi connectivity index (χ4n) is 2.00. The quantitative estimate of drug-likeness (QED) is 0.821. The van der Waals surface area contributed by atoms with Crippen LogP contribution in [0.15, 0.2) is 4.42 Å². The Hall–Kier alpha value is -1.14. The van der Waals surface area contributed by atoms with Crippen molar-refractivity contribution in [1.82, 2.24) is 15.5 Å². The summed E-state index contributed by atoms with van der Waals surface area (Å²) >= 11 is 0. The van der Waals surface area contributed by atoms with Crippen LogP contribution in [-0.4, -0.2) is 35.0 Å². The SMILES string of the molecule is COC1(CNc2nnc(CNC(C)(C)C)o2)CCC1. The van der Waals surface area contributed by atoms with Crippen LogP contribution in [0.25, 0.3) is 0 Å². The first-order valence-electron chi connectivity index (χ1n) is 6.79. The summed E-state index contributed by atoms with van der Waals surface area (Å²) in [5.74, 6) is 0.595. The molecule has 1 aromatic rings. The standard InChI is InChI=1S/C13H24N4O2/c1-12(2,3)15-8-10-16-17-11(19-10)14-9-13(18-4)6-5-7-13/h15H,5-9H2,1-4H3,(H,14,17). The Balaban J connectivity index is 1.80. The third-order valence-electron chi connectivity index (χ3n) is 3.50. The second-order valence-electron chi connectivity index (χ2n) is 6.20. The molecule has 0 unspecified atom stereocenters. The highest BCUT2D eigenvalue weighted by molar-refractivity contribution is 5.19. The van der Waals surface area contributed by atoms with Crippen LogP contribution in [0.4, 0.5) is 6.01 Å². The summed E-state index contributed by atoms with van der Waals surface area (Å²) in [6, 6.07) is 0.467. The summed E-state index contributed by atoms with van der Waals surface area (Å²) in [7, 11) is 1.76. The van der Waals surface area contributed by atoms with Gasteiger partial charge in [0.15, 0.2) is 0 Å². The summed E-state index contributed by atoms with van der Waals surface area (Å²) in [6.45, 7) is 7.59. The molecule has 0 saturated heterocycles. The monoisotopic (exact) mass is 268 g/mol. The molecular weight excluding hydrogens is 244 g/mol. The maximum atomic E-state index is 5.54. The van der Waals surface area contributed by atoms with Crippen molar-refractivity contribution in [2.24, 2.45) is 0 Å². The van der Waals surface area contributed by atoms with E-state index in [-0.39, 0.29) is 11.1 Å². The minimum atomic E-state index is -0.0434. The second-order valence-corrected chi connectivity index (χ2v) is 6.20. The molecule has 0 radical (unpaired) electrons. The molecule has 0 aromatic carbocycles. The lowest BCUT2D eigenvalue weighted by atomic mass is 9.80. The highest BCUT2D eigenvalue weighted by Gasteiger charge is 2.37. The van der Waals surface area contributed by atoms with Gasteiger partial charge in [0.2, 0.25) is 5.89 Å². The first-order valence-corrected chi connectivity index (χ1v) is 6.79. The number of anilines is 1. The number of ether oxygens (including phenoxy) is 1. The van der Waals surface area contributed by atoms with E-state index in [1.165, 1.54) is 6.42 Å². The highest BCUT2D eigenvalue weighted by atomic mass is 16.5. The summed E-state index contributed by atoms with van der Waals surface area (Å²) in [6.07, 6.45) is 3.40. The molecule has 108 valence electrons. The van der Waals surface area contributed by atoms with Crippen molar-refractivity contribution in [2.45, 2.75) is 57.7 Å². The highest BCUT2D eigenvalue weighted by Crippen LogP contribution is 2.34. The van der Waals surface area contributed by atoms with Gasteiger partial charge in [0.05, 0.1) is 12.1 Å². The Kier molecular flexibility index (Phi) is 4.10. The number of hydrogen-bond donors (Lipinski definition) is 2. The van der Waals surface area contributed by atoms with E-state index in [4.69, 9.17) is 9.15 Å². The molecule has 2 N–H and O–H groups in total. The van der Waals surface area contributed by atoms with E-state index in [0.29, 0.717) is 18.5 Å². The van der Waals surface area contributed by atoms with Crippen molar-refractivity contribution < 1.29 is 9.15 Å². The van der Waals surface area contributed by atoms with Gasteiger partial charge in [-0.25, -0.2) is 0 Å². The van der Waals surface area contributed by atoms with Crippen LogP contribution in [0, 0.1) is 0 Å². The van der Waals surface area contributed by atoms with E-state index >= 15 is 0 Å². The molecule has 6 nitrogen and oxygen atoms in total. The van der Waals surface area contributed by atoms with Gasteiger partial charge in [-0.05, 0) is 40.0 Å². The van der Waals surface area contributed by atoms with Gasteiger partial charge < -0.3 is 19.8 Å². The van der Waals surface area contributed by atoms with E-state index in [1.807, 2.05) is 0 Å². The van der Waals surface area contributed by atoms with Gasteiger partial charge in [-0.2, -0.15) is 0 Å². The molecule has 0 aliphatic heterocycles. The van der Waals surface area contributed by atoms with Gasteiger partial charge in [0.1, 0.15) is 0 Å². The Bertz CT molecular complexity index is 402. The first-order chi connectivity index (χ1) is 8.92. The van der Waals surface area contributed by atoms with Gasteiger partial charge >= 0.3 is 6.01 Å². The van der Waals surface area contributed by atoms with Crippen LogP contribution in [0.2, 0.25) is 0 Å². The van der Waals surface area contributed by atoms with Crippen molar-refractivity contribution in [2.75, 3.05) is 19.0 Å². The maximum absolute atomic E-state index is 5.54. The minimum absolute atomic E-state index is 0.0358. The Morgan fingerprint density at radius 1 is 1.32 bits per heavy atom. The summed E-state index contributed by atoms with van der Waals surface area (Å²) in [5.41, 5.74) is -0.00755. The molecule has 2 rings (SSSR count). The van der Waals surface area contributed by atoms with Crippen molar-refractivity contribution in [3.8, 4) is 0 Å². The summed E-state index contributed by atoms with van der Waals surface area (Å²) in [4.78, 5) is 0. The topological polar surface area (TPSA) is 72.2 Å². The van der Waals surface area contributed by atoms with Gasteiger partial charge in [0.25, 0.3) is 0 Å². The summed E-state index contributed by atoms with van der Waals surface area (Å²) < 4.78 is 11.1. The normalized spacial score (nSPS) is 18.1. The zero-order valence-corrected chi connectivity index (χ0v) is 12.2. The number of methoxy groups -OCH3 is 1. The Morgan fingerprint density at radius 2 is 2.05 bits per heavy atom. The zero-order chi connectivity index (χ0) is 13.9. The summed E-state index contributed by atoms with van der Waals surface area (Å²) in [5, 5.41) is 14.5. The van der Waals surface area contributed by atoms with Crippen LogP contribution in [-0.2, 0) is 11.3 Å². The molecule has 0 spiro atoms. The molecule has 1 aliphatic carbocycles. The van der Waals surface area contributed by atoms with Crippen LogP contribution in [0.5, 0.6) is 0 Å². The number of nitrogens with one attached hydrogen (secondary N) is 2. The molecule has 0 amide bonds. The lowest BCUT2D eigenvalue weighted by Gasteiger charge is -2.40. The lowest BCUT2D eigenvalue weighted by Crippen LogP contribution is -2.45. The average Bonchev–Trinajstić information content (AvgIpc) is 2.73. The smallest absolute Gasteiger partial charge is 0.315 e. The van der Waals surface area contributed by atoms with Gasteiger partial charge in [-0.3, -0.25) is 0 Å². The first kappa shape index (κ1) is 14.3. The van der Waals surface area contributed by atoms with Crippen LogP contribution >= 0.6 is 0 Å². The molecule has 1 aliphatic rings. The molecule has 19 heavy (non-hydrogen) atoms. The van der Waals surface area contributed by atoms with Gasteiger partial charge in [-0.1, -0.05) is 5.10 Å². The number of hydrogen-bond acceptors (Lipinski definition) is 6. The molecule has 6 heteroatoms. The zero-order valence-electron chi connectivity index (χ0n) is 12.2. The predicted molar refractivity (Wildman–Crippen MR) is 73.0 cm³/mol.